The molecule has 1 heterocycles. The molecule has 1 amide bonds. The van der Waals surface area contributed by atoms with Crippen molar-refractivity contribution < 1.29 is 14.3 Å². The van der Waals surface area contributed by atoms with Crippen molar-refractivity contribution in [2.45, 2.75) is 31.8 Å². The third-order valence-corrected chi connectivity index (χ3v) is 4.04. The standard InChI is InChI=1S/C15H18N2O4/c18-9-8-16(11-4-3-5-11)14(19)10-17-12-6-1-2-7-13(12)21-15(17)20/h1-2,6-7,11,18H,3-5,8-10H2. The van der Waals surface area contributed by atoms with Gasteiger partial charge >= 0.3 is 5.76 Å². The highest BCUT2D eigenvalue weighted by Gasteiger charge is 2.29. The molecule has 2 aromatic rings. The smallest absolute Gasteiger partial charge is 0.408 e. The second-order valence-electron chi connectivity index (χ2n) is 5.32. The minimum absolute atomic E-state index is 0.0493. The summed E-state index contributed by atoms with van der Waals surface area (Å²) in [5, 5.41) is 9.13. The van der Waals surface area contributed by atoms with Crippen LogP contribution in [0, 0.1) is 0 Å². The number of fused-ring (bicyclic) bond motifs is 1. The summed E-state index contributed by atoms with van der Waals surface area (Å²) < 4.78 is 6.48. The summed E-state index contributed by atoms with van der Waals surface area (Å²) in [7, 11) is 0. The molecule has 1 aliphatic carbocycles. The second kappa shape index (κ2) is 5.73. The summed E-state index contributed by atoms with van der Waals surface area (Å²) in [6.45, 7) is 0.198. The summed E-state index contributed by atoms with van der Waals surface area (Å²) in [4.78, 5) is 26.0. The van der Waals surface area contributed by atoms with Crippen molar-refractivity contribution in [2.75, 3.05) is 13.2 Å². The van der Waals surface area contributed by atoms with Gasteiger partial charge < -0.3 is 14.4 Å². The Labute approximate surface area is 121 Å². The third-order valence-electron chi connectivity index (χ3n) is 4.04. The topological polar surface area (TPSA) is 75.7 Å². The number of aliphatic hydroxyl groups is 1. The Kier molecular flexibility index (Phi) is 3.79. The van der Waals surface area contributed by atoms with Crippen molar-refractivity contribution in [2.24, 2.45) is 0 Å². The number of aliphatic hydroxyl groups excluding tert-OH is 1. The van der Waals surface area contributed by atoms with Gasteiger partial charge in [0.2, 0.25) is 5.91 Å². The van der Waals surface area contributed by atoms with Crippen molar-refractivity contribution in [3.05, 3.63) is 34.8 Å². The fourth-order valence-corrected chi connectivity index (χ4v) is 2.71. The molecule has 1 aromatic carbocycles. The molecule has 6 nitrogen and oxygen atoms in total. The van der Waals surface area contributed by atoms with E-state index < -0.39 is 5.76 Å². The van der Waals surface area contributed by atoms with Crippen molar-refractivity contribution in [1.29, 1.82) is 0 Å². The van der Waals surface area contributed by atoms with Crippen LogP contribution in [-0.2, 0) is 11.3 Å². The van der Waals surface area contributed by atoms with E-state index in [1.165, 1.54) is 4.57 Å². The molecule has 1 saturated carbocycles. The average Bonchev–Trinajstić information content (AvgIpc) is 2.73. The first kappa shape index (κ1) is 13.9. The summed E-state index contributed by atoms with van der Waals surface area (Å²) in [6, 6.07) is 7.24. The average molecular weight is 290 g/mol. The van der Waals surface area contributed by atoms with Gasteiger partial charge in [-0.15, -0.1) is 0 Å². The predicted molar refractivity (Wildman–Crippen MR) is 76.9 cm³/mol. The molecule has 112 valence electrons. The van der Waals surface area contributed by atoms with Gasteiger partial charge in [-0.3, -0.25) is 9.36 Å². The molecule has 1 fully saturated rings. The zero-order chi connectivity index (χ0) is 14.8. The van der Waals surface area contributed by atoms with Crippen molar-refractivity contribution in [3.63, 3.8) is 0 Å². The molecule has 3 rings (SSSR count). The number of carbonyl (C=O) groups excluding carboxylic acids is 1. The molecule has 0 aliphatic heterocycles. The molecule has 21 heavy (non-hydrogen) atoms. The molecule has 1 aliphatic rings. The van der Waals surface area contributed by atoms with Gasteiger partial charge in [0, 0.05) is 12.6 Å². The molecule has 0 bridgehead atoms. The quantitative estimate of drug-likeness (QED) is 0.890. The summed E-state index contributed by atoms with van der Waals surface area (Å²) in [5.41, 5.74) is 1.10. The number of aromatic nitrogens is 1. The zero-order valence-corrected chi connectivity index (χ0v) is 11.7. The highest BCUT2D eigenvalue weighted by Crippen LogP contribution is 2.25. The number of oxazole rings is 1. The Morgan fingerprint density at radius 2 is 2.14 bits per heavy atom. The number of hydrogen-bond acceptors (Lipinski definition) is 4. The molecule has 0 radical (unpaired) electrons. The minimum Gasteiger partial charge on any atom is -0.408 e. The van der Waals surface area contributed by atoms with Crippen LogP contribution in [0.5, 0.6) is 0 Å². The molecule has 1 N–H and O–H groups in total. The maximum atomic E-state index is 12.4. The van der Waals surface area contributed by atoms with E-state index in [1.54, 1.807) is 29.2 Å². The first-order valence-corrected chi connectivity index (χ1v) is 7.19. The molecule has 0 atom stereocenters. The minimum atomic E-state index is -0.526. The number of benzene rings is 1. The first-order valence-electron chi connectivity index (χ1n) is 7.19. The lowest BCUT2D eigenvalue weighted by Crippen LogP contribution is -2.47. The molecule has 0 saturated heterocycles. The number of carbonyl (C=O) groups is 1. The van der Waals surface area contributed by atoms with Crippen molar-refractivity contribution >= 4 is 17.0 Å². The van der Waals surface area contributed by atoms with Gasteiger partial charge in [-0.1, -0.05) is 12.1 Å². The number of nitrogens with zero attached hydrogens (tertiary/aromatic N) is 2. The molecular formula is C15H18N2O4. The Balaban J connectivity index is 1.85. The third kappa shape index (κ3) is 2.58. The molecule has 0 unspecified atom stereocenters. The summed E-state index contributed by atoms with van der Waals surface area (Å²) >= 11 is 0. The van der Waals surface area contributed by atoms with Gasteiger partial charge in [0.1, 0.15) is 6.54 Å². The highest BCUT2D eigenvalue weighted by molar-refractivity contribution is 5.80. The zero-order valence-electron chi connectivity index (χ0n) is 11.7. The summed E-state index contributed by atoms with van der Waals surface area (Å²) in [5.74, 6) is -0.676. The van der Waals surface area contributed by atoms with Crippen LogP contribution in [0.3, 0.4) is 0 Å². The van der Waals surface area contributed by atoms with Gasteiger partial charge in [-0.25, -0.2) is 4.79 Å². The van der Waals surface area contributed by atoms with E-state index in [0.29, 0.717) is 17.6 Å². The summed E-state index contributed by atoms with van der Waals surface area (Å²) in [6.07, 6.45) is 3.04. The van der Waals surface area contributed by atoms with E-state index in [9.17, 15) is 9.59 Å². The van der Waals surface area contributed by atoms with Crippen LogP contribution >= 0.6 is 0 Å². The first-order chi connectivity index (χ1) is 10.2. The van der Waals surface area contributed by atoms with E-state index in [4.69, 9.17) is 9.52 Å². The van der Waals surface area contributed by atoms with Gasteiger partial charge in [0.25, 0.3) is 0 Å². The Morgan fingerprint density at radius 1 is 1.38 bits per heavy atom. The Hall–Kier alpha value is -2.08. The normalized spacial score (nSPS) is 15.1. The maximum absolute atomic E-state index is 12.4. The molecule has 6 heteroatoms. The van der Waals surface area contributed by atoms with Crippen LogP contribution in [-0.4, -0.2) is 39.7 Å². The monoisotopic (exact) mass is 290 g/mol. The molecule has 0 spiro atoms. The van der Waals surface area contributed by atoms with Gasteiger partial charge in [-0.05, 0) is 31.4 Å². The SMILES string of the molecule is O=C(Cn1c(=O)oc2ccccc21)N(CCO)C1CCC1. The number of hydrogen-bond donors (Lipinski definition) is 1. The highest BCUT2D eigenvalue weighted by atomic mass is 16.4. The van der Waals surface area contributed by atoms with Crippen LogP contribution in [0.4, 0.5) is 0 Å². The van der Waals surface area contributed by atoms with Gasteiger partial charge in [0.15, 0.2) is 5.58 Å². The van der Waals surface area contributed by atoms with E-state index in [0.717, 1.165) is 19.3 Å². The number of rotatable bonds is 5. The second-order valence-corrected chi connectivity index (χ2v) is 5.32. The van der Waals surface area contributed by atoms with E-state index in [2.05, 4.69) is 0 Å². The van der Waals surface area contributed by atoms with Gasteiger partial charge in [-0.2, -0.15) is 0 Å². The van der Waals surface area contributed by atoms with Crippen LogP contribution < -0.4 is 5.76 Å². The van der Waals surface area contributed by atoms with Crippen LogP contribution in [0.1, 0.15) is 19.3 Å². The fourth-order valence-electron chi connectivity index (χ4n) is 2.71. The number of amides is 1. The lowest BCUT2D eigenvalue weighted by Gasteiger charge is -2.37. The lowest BCUT2D eigenvalue weighted by atomic mass is 9.91. The van der Waals surface area contributed by atoms with Crippen molar-refractivity contribution in [1.82, 2.24) is 9.47 Å². The lowest BCUT2D eigenvalue weighted by molar-refractivity contribution is -0.136. The molecule has 1 aromatic heterocycles. The van der Waals surface area contributed by atoms with E-state index in [1.807, 2.05) is 0 Å². The maximum Gasteiger partial charge on any atom is 0.420 e. The van der Waals surface area contributed by atoms with E-state index >= 15 is 0 Å². The fraction of sp³-hybridized carbons (Fsp3) is 0.467. The predicted octanol–water partition coefficient (Wildman–Crippen LogP) is 0.968. The van der Waals surface area contributed by atoms with Crippen LogP contribution in [0.2, 0.25) is 0 Å². The number of para-hydroxylation sites is 2. The van der Waals surface area contributed by atoms with Crippen molar-refractivity contribution in [3.8, 4) is 0 Å². The molecular weight excluding hydrogens is 272 g/mol. The van der Waals surface area contributed by atoms with E-state index in [-0.39, 0.29) is 25.1 Å². The van der Waals surface area contributed by atoms with Crippen LogP contribution in [0.25, 0.3) is 11.1 Å². The Morgan fingerprint density at radius 3 is 2.81 bits per heavy atom. The van der Waals surface area contributed by atoms with Gasteiger partial charge in [0.05, 0.1) is 12.1 Å². The Bertz CT molecular complexity index is 699. The largest absolute Gasteiger partial charge is 0.420 e. The van der Waals surface area contributed by atoms with Crippen LogP contribution in [0.15, 0.2) is 33.5 Å².